The predicted molar refractivity (Wildman–Crippen MR) is 63.8 cm³/mol. The van der Waals surface area contributed by atoms with Crippen molar-refractivity contribution in [2.75, 3.05) is 0 Å². The molecule has 0 N–H and O–H groups in total. The fourth-order valence-corrected chi connectivity index (χ4v) is 2.00. The summed E-state index contributed by atoms with van der Waals surface area (Å²) in [6, 6.07) is 6.95. The summed E-state index contributed by atoms with van der Waals surface area (Å²) in [4.78, 5) is 8.50. The molecule has 0 atom stereocenters. The van der Waals surface area contributed by atoms with Gasteiger partial charge in [-0.1, -0.05) is 33.8 Å². The van der Waals surface area contributed by atoms with E-state index in [9.17, 15) is 0 Å². The van der Waals surface area contributed by atoms with E-state index in [-0.39, 0.29) is 0 Å². The highest BCUT2D eigenvalue weighted by Crippen LogP contribution is 2.41. The standard InChI is InChI=1S/C13H16N2/c1-8(2)10-5-6-11-12(9(3)4)13(10)15-7-14-11/h5-6,8-9H,1-4H3. The molecular weight excluding hydrogens is 184 g/mol. The third-order valence-corrected chi connectivity index (χ3v) is 2.76. The van der Waals surface area contributed by atoms with Crippen molar-refractivity contribution in [3.05, 3.63) is 23.3 Å². The van der Waals surface area contributed by atoms with Gasteiger partial charge in [0.2, 0.25) is 0 Å². The van der Waals surface area contributed by atoms with Gasteiger partial charge in [0.15, 0.2) is 0 Å². The first kappa shape index (κ1) is 10.1. The van der Waals surface area contributed by atoms with Crippen LogP contribution in [0.15, 0.2) is 22.1 Å². The SMILES string of the molecule is CC(C)c1ccc2c(C(C)C)c1N=C=N2. The van der Waals surface area contributed by atoms with Crippen LogP contribution in [0.5, 0.6) is 0 Å². The lowest BCUT2D eigenvalue weighted by Crippen LogP contribution is -1.97. The van der Waals surface area contributed by atoms with Gasteiger partial charge in [-0.25, -0.2) is 0 Å². The number of hydrogen-bond donors (Lipinski definition) is 0. The van der Waals surface area contributed by atoms with E-state index in [1.165, 1.54) is 11.1 Å². The Hall–Kier alpha value is -1.40. The highest BCUT2D eigenvalue weighted by atomic mass is 14.9. The minimum Gasteiger partial charge on any atom is -0.187 e. The van der Waals surface area contributed by atoms with Gasteiger partial charge in [0.05, 0.1) is 11.4 Å². The van der Waals surface area contributed by atoms with E-state index in [0.717, 1.165) is 11.4 Å². The maximum Gasteiger partial charge on any atom is 0.101 e. The minimum atomic E-state index is 0.461. The Morgan fingerprint density at radius 3 is 2.33 bits per heavy atom. The van der Waals surface area contributed by atoms with Crippen molar-refractivity contribution in [1.82, 2.24) is 0 Å². The van der Waals surface area contributed by atoms with Crippen LogP contribution in [0, 0.1) is 0 Å². The molecule has 0 unspecified atom stereocenters. The molecule has 0 saturated heterocycles. The predicted octanol–water partition coefficient (Wildman–Crippen LogP) is 4.38. The van der Waals surface area contributed by atoms with Crippen LogP contribution in [0.2, 0.25) is 0 Å². The summed E-state index contributed by atoms with van der Waals surface area (Å²) in [7, 11) is 0. The van der Waals surface area contributed by atoms with Crippen molar-refractivity contribution in [1.29, 1.82) is 0 Å². The molecule has 2 bridgehead atoms. The van der Waals surface area contributed by atoms with E-state index in [0.29, 0.717) is 11.8 Å². The summed E-state index contributed by atoms with van der Waals surface area (Å²) in [5.41, 5.74) is 4.68. The molecule has 0 fully saturated rings. The van der Waals surface area contributed by atoms with Crippen LogP contribution in [0.4, 0.5) is 11.4 Å². The molecule has 0 amide bonds. The van der Waals surface area contributed by atoms with Gasteiger partial charge in [-0.2, -0.15) is 9.98 Å². The average Bonchev–Trinajstić information content (AvgIpc) is 2.15. The van der Waals surface area contributed by atoms with Gasteiger partial charge < -0.3 is 0 Å². The summed E-state index contributed by atoms with van der Waals surface area (Å²) in [6.45, 7) is 8.75. The van der Waals surface area contributed by atoms with Crippen LogP contribution >= 0.6 is 0 Å². The zero-order valence-electron chi connectivity index (χ0n) is 9.70. The Kier molecular flexibility index (Phi) is 2.45. The summed E-state index contributed by atoms with van der Waals surface area (Å²) >= 11 is 0. The maximum absolute atomic E-state index is 4.31. The number of nitrogens with zero attached hydrogens (tertiary/aromatic N) is 2. The Bertz CT molecular complexity index is 450. The average molecular weight is 200 g/mol. The van der Waals surface area contributed by atoms with Crippen LogP contribution in [-0.4, -0.2) is 6.01 Å². The Morgan fingerprint density at radius 2 is 1.73 bits per heavy atom. The van der Waals surface area contributed by atoms with E-state index in [1.54, 1.807) is 0 Å². The second-order valence-corrected chi connectivity index (χ2v) is 4.57. The largest absolute Gasteiger partial charge is 0.187 e. The Balaban J connectivity index is 2.69. The Labute approximate surface area is 90.8 Å². The van der Waals surface area contributed by atoms with Gasteiger partial charge in [-0.05, 0) is 23.5 Å². The second-order valence-electron chi connectivity index (χ2n) is 4.57. The summed E-state index contributed by atoms with van der Waals surface area (Å²) in [5, 5.41) is 0. The Morgan fingerprint density at radius 1 is 1.00 bits per heavy atom. The maximum atomic E-state index is 4.31. The molecule has 2 heteroatoms. The monoisotopic (exact) mass is 200 g/mol. The molecule has 2 rings (SSSR count). The topological polar surface area (TPSA) is 24.7 Å². The molecular formula is C13H16N2. The summed E-state index contributed by atoms with van der Waals surface area (Å²) in [6.07, 6.45) is 0. The van der Waals surface area contributed by atoms with E-state index < -0.39 is 0 Å². The first-order valence-electron chi connectivity index (χ1n) is 5.44. The van der Waals surface area contributed by atoms with Gasteiger partial charge in [0.1, 0.15) is 6.01 Å². The third-order valence-electron chi connectivity index (χ3n) is 2.76. The first-order chi connectivity index (χ1) is 7.11. The highest BCUT2D eigenvalue weighted by molar-refractivity contribution is 5.75. The van der Waals surface area contributed by atoms with Crippen molar-refractivity contribution < 1.29 is 0 Å². The molecule has 0 radical (unpaired) electrons. The molecule has 2 nitrogen and oxygen atoms in total. The number of benzene rings is 1. The quantitative estimate of drug-likeness (QED) is 0.687. The van der Waals surface area contributed by atoms with Gasteiger partial charge in [0, 0.05) is 5.56 Å². The molecule has 1 aromatic carbocycles. The third kappa shape index (κ3) is 1.62. The van der Waals surface area contributed by atoms with E-state index in [4.69, 9.17) is 0 Å². The molecule has 15 heavy (non-hydrogen) atoms. The van der Waals surface area contributed by atoms with Crippen molar-refractivity contribution >= 4 is 17.4 Å². The van der Waals surface area contributed by atoms with Crippen LogP contribution < -0.4 is 0 Å². The minimum absolute atomic E-state index is 0.461. The van der Waals surface area contributed by atoms with Gasteiger partial charge >= 0.3 is 0 Å². The lowest BCUT2D eigenvalue weighted by molar-refractivity contribution is 0.833. The molecule has 0 aromatic heterocycles. The fourth-order valence-electron chi connectivity index (χ4n) is 2.00. The van der Waals surface area contributed by atoms with Crippen molar-refractivity contribution in [2.24, 2.45) is 9.98 Å². The summed E-state index contributed by atoms with van der Waals surface area (Å²) < 4.78 is 0. The molecule has 0 saturated carbocycles. The normalized spacial score (nSPS) is 12.9. The highest BCUT2D eigenvalue weighted by Gasteiger charge is 2.18. The van der Waals surface area contributed by atoms with Crippen LogP contribution in [-0.2, 0) is 0 Å². The van der Waals surface area contributed by atoms with Gasteiger partial charge in [-0.15, -0.1) is 0 Å². The lowest BCUT2D eigenvalue weighted by Gasteiger charge is -2.18. The molecule has 1 heterocycles. The van der Waals surface area contributed by atoms with Crippen molar-refractivity contribution in [3.63, 3.8) is 0 Å². The molecule has 1 aromatic rings. The number of aliphatic imine (C=N–C) groups is 2. The van der Waals surface area contributed by atoms with E-state index in [2.05, 4.69) is 55.8 Å². The zero-order valence-corrected chi connectivity index (χ0v) is 9.70. The van der Waals surface area contributed by atoms with Gasteiger partial charge in [-0.3, -0.25) is 0 Å². The molecule has 1 aliphatic rings. The number of fused-ring (bicyclic) bond motifs is 2. The smallest absolute Gasteiger partial charge is 0.101 e. The summed E-state index contributed by atoms with van der Waals surface area (Å²) in [5.74, 6) is 0.957. The van der Waals surface area contributed by atoms with Crippen LogP contribution in [0.1, 0.15) is 50.7 Å². The number of rotatable bonds is 2. The van der Waals surface area contributed by atoms with Crippen LogP contribution in [0.3, 0.4) is 0 Å². The molecule has 0 spiro atoms. The van der Waals surface area contributed by atoms with Crippen molar-refractivity contribution in [2.45, 2.75) is 39.5 Å². The van der Waals surface area contributed by atoms with E-state index >= 15 is 0 Å². The fraction of sp³-hybridized carbons (Fsp3) is 0.462. The van der Waals surface area contributed by atoms with E-state index in [1.807, 2.05) is 0 Å². The lowest BCUT2D eigenvalue weighted by atomic mass is 9.91. The molecule has 78 valence electrons. The number of hydrogen-bond acceptors (Lipinski definition) is 2. The molecule has 0 aliphatic carbocycles. The zero-order chi connectivity index (χ0) is 11.0. The van der Waals surface area contributed by atoms with Crippen molar-refractivity contribution in [3.8, 4) is 0 Å². The van der Waals surface area contributed by atoms with Crippen LogP contribution in [0.25, 0.3) is 0 Å². The first-order valence-corrected chi connectivity index (χ1v) is 5.44. The second kappa shape index (κ2) is 3.63. The van der Waals surface area contributed by atoms with Gasteiger partial charge in [0.25, 0.3) is 0 Å². The molecule has 1 aliphatic heterocycles.